The van der Waals surface area contributed by atoms with Crippen molar-refractivity contribution in [1.29, 1.82) is 0 Å². The second kappa shape index (κ2) is 7.64. The van der Waals surface area contributed by atoms with E-state index in [1.54, 1.807) is 0 Å². The predicted octanol–water partition coefficient (Wildman–Crippen LogP) is 5.90. The summed E-state index contributed by atoms with van der Waals surface area (Å²) in [6, 6.07) is 8.04. The number of furan rings is 1. The third-order valence-corrected chi connectivity index (χ3v) is 4.74. The number of hydrogen-bond acceptors (Lipinski definition) is 3. The highest BCUT2D eigenvalue weighted by atomic mass is 16.3. The third kappa shape index (κ3) is 3.37. The lowest BCUT2D eigenvalue weighted by Crippen LogP contribution is -1.90. The number of benzene rings is 2. The van der Waals surface area contributed by atoms with Gasteiger partial charge in [-0.05, 0) is 61.1 Å². The number of carbonyl (C=O) groups is 2. The van der Waals surface area contributed by atoms with Gasteiger partial charge in [0.1, 0.15) is 11.2 Å². The fourth-order valence-corrected chi connectivity index (χ4v) is 3.38. The Labute approximate surface area is 148 Å². The van der Waals surface area contributed by atoms with E-state index in [0.717, 1.165) is 73.0 Å². The molecule has 0 bridgehead atoms. The molecule has 1 aromatic heterocycles. The molecule has 0 radical (unpaired) electrons. The molecule has 25 heavy (non-hydrogen) atoms. The first-order valence-corrected chi connectivity index (χ1v) is 9.14. The number of hydrogen-bond donors (Lipinski definition) is 0. The maximum absolute atomic E-state index is 11.6. The van der Waals surface area contributed by atoms with Gasteiger partial charge in [0.2, 0.25) is 0 Å². The molecule has 3 nitrogen and oxygen atoms in total. The van der Waals surface area contributed by atoms with E-state index in [9.17, 15) is 9.59 Å². The fourth-order valence-electron chi connectivity index (χ4n) is 3.38. The lowest BCUT2D eigenvalue weighted by atomic mass is 9.98. The summed E-state index contributed by atoms with van der Waals surface area (Å²) in [6.45, 7) is 4.31. The zero-order valence-corrected chi connectivity index (χ0v) is 14.9. The minimum absolute atomic E-state index is 0.562. The number of aryl methyl sites for hydroxylation is 2. The predicted molar refractivity (Wildman–Crippen MR) is 102 cm³/mol. The first-order chi connectivity index (χ1) is 12.2. The molecule has 3 rings (SSSR count). The number of fused-ring (bicyclic) bond motifs is 3. The molecule has 0 aliphatic carbocycles. The van der Waals surface area contributed by atoms with Gasteiger partial charge >= 0.3 is 0 Å². The van der Waals surface area contributed by atoms with Gasteiger partial charge in [-0.1, -0.05) is 26.7 Å². The molecular weight excluding hydrogens is 312 g/mol. The van der Waals surface area contributed by atoms with Gasteiger partial charge in [0.25, 0.3) is 0 Å². The summed E-state index contributed by atoms with van der Waals surface area (Å²) in [5.41, 5.74) is 4.58. The van der Waals surface area contributed by atoms with Crippen LogP contribution in [0, 0.1) is 0 Å². The summed E-state index contributed by atoms with van der Waals surface area (Å²) < 4.78 is 5.95. The Bertz CT molecular complexity index is 844. The second-order valence-electron chi connectivity index (χ2n) is 6.67. The van der Waals surface area contributed by atoms with Gasteiger partial charge in [-0.15, -0.1) is 0 Å². The number of carbonyl (C=O) groups excluding carboxylic acids is 2. The van der Waals surface area contributed by atoms with E-state index < -0.39 is 0 Å². The molecule has 0 unspecified atom stereocenters. The Morgan fingerprint density at radius 3 is 1.56 bits per heavy atom. The van der Waals surface area contributed by atoms with Crippen molar-refractivity contribution >= 4 is 34.5 Å². The van der Waals surface area contributed by atoms with Gasteiger partial charge in [-0.3, -0.25) is 9.59 Å². The Kier molecular flexibility index (Phi) is 5.32. The summed E-state index contributed by atoms with van der Waals surface area (Å²) in [6.07, 6.45) is 7.96. The molecule has 0 saturated carbocycles. The average Bonchev–Trinajstić information content (AvgIpc) is 3.02. The van der Waals surface area contributed by atoms with Crippen LogP contribution in [0.3, 0.4) is 0 Å². The molecule has 0 spiro atoms. The monoisotopic (exact) mass is 336 g/mol. The van der Waals surface area contributed by atoms with E-state index in [2.05, 4.69) is 26.0 Å². The Morgan fingerprint density at radius 2 is 1.20 bits per heavy atom. The van der Waals surface area contributed by atoms with Gasteiger partial charge in [-0.25, -0.2) is 0 Å². The Balaban J connectivity index is 2.25. The van der Waals surface area contributed by atoms with Crippen LogP contribution in [0.1, 0.15) is 71.4 Å². The second-order valence-corrected chi connectivity index (χ2v) is 6.67. The van der Waals surface area contributed by atoms with Crippen LogP contribution in [0.25, 0.3) is 21.9 Å². The van der Waals surface area contributed by atoms with Crippen LogP contribution in [0.5, 0.6) is 0 Å². The lowest BCUT2D eigenvalue weighted by Gasteiger charge is -2.03. The average molecular weight is 336 g/mol. The summed E-state index contributed by atoms with van der Waals surface area (Å²) in [5.74, 6) is 0. The van der Waals surface area contributed by atoms with E-state index in [1.165, 1.54) is 0 Å². The smallest absolute Gasteiger partial charge is 0.153 e. The van der Waals surface area contributed by atoms with E-state index >= 15 is 0 Å². The topological polar surface area (TPSA) is 47.3 Å². The van der Waals surface area contributed by atoms with E-state index in [4.69, 9.17) is 4.42 Å². The molecule has 1 heterocycles. The van der Waals surface area contributed by atoms with Crippen LogP contribution < -0.4 is 0 Å². The molecule has 0 fully saturated rings. The van der Waals surface area contributed by atoms with Crippen molar-refractivity contribution in [3.8, 4) is 0 Å². The normalized spacial score (nSPS) is 11.3. The van der Waals surface area contributed by atoms with Gasteiger partial charge in [0, 0.05) is 10.8 Å². The van der Waals surface area contributed by atoms with Crippen molar-refractivity contribution in [3.05, 3.63) is 46.5 Å². The summed E-state index contributed by atoms with van der Waals surface area (Å²) in [4.78, 5) is 23.1. The molecule has 0 saturated heterocycles. The Morgan fingerprint density at radius 1 is 0.760 bits per heavy atom. The Hall–Kier alpha value is -2.42. The molecular formula is C22H24O3. The van der Waals surface area contributed by atoms with E-state index in [1.807, 2.05) is 12.1 Å². The SMILES string of the molecule is CCCCc1cc(C=O)c2oc3c(C=O)cc(CCCC)cc3c2c1. The molecule has 0 N–H and O–H groups in total. The molecule has 130 valence electrons. The van der Waals surface area contributed by atoms with Gasteiger partial charge in [-0.2, -0.15) is 0 Å². The zero-order chi connectivity index (χ0) is 17.8. The van der Waals surface area contributed by atoms with Crippen LogP contribution in [0.15, 0.2) is 28.7 Å². The zero-order valence-electron chi connectivity index (χ0n) is 14.9. The van der Waals surface area contributed by atoms with Crippen molar-refractivity contribution in [2.24, 2.45) is 0 Å². The maximum Gasteiger partial charge on any atom is 0.153 e. The first kappa shape index (κ1) is 17.4. The first-order valence-electron chi connectivity index (χ1n) is 9.14. The van der Waals surface area contributed by atoms with Gasteiger partial charge in [0.05, 0.1) is 11.1 Å². The van der Waals surface area contributed by atoms with Crippen molar-refractivity contribution in [2.45, 2.75) is 52.4 Å². The minimum Gasteiger partial charge on any atom is -0.455 e. The fraction of sp³-hybridized carbons (Fsp3) is 0.364. The van der Waals surface area contributed by atoms with Crippen molar-refractivity contribution < 1.29 is 14.0 Å². The van der Waals surface area contributed by atoms with Crippen LogP contribution in [-0.2, 0) is 12.8 Å². The minimum atomic E-state index is 0.562. The number of aldehydes is 2. The van der Waals surface area contributed by atoms with Crippen molar-refractivity contribution in [3.63, 3.8) is 0 Å². The third-order valence-electron chi connectivity index (χ3n) is 4.74. The number of unbranched alkanes of at least 4 members (excludes halogenated alkanes) is 2. The van der Waals surface area contributed by atoms with Gasteiger partial charge in [0.15, 0.2) is 12.6 Å². The van der Waals surface area contributed by atoms with Crippen molar-refractivity contribution in [2.75, 3.05) is 0 Å². The lowest BCUT2D eigenvalue weighted by molar-refractivity contribution is 0.111. The van der Waals surface area contributed by atoms with Crippen LogP contribution in [0.2, 0.25) is 0 Å². The molecule has 3 heteroatoms. The molecule has 0 amide bonds. The molecule has 0 aliphatic heterocycles. The molecule has 0 aliphatic rings. The highest BCUT2D eigenvalue weighted by Crippen LogP contribution is 2.34. The van der Waals surface area contributed by atoms with Crippen LogP contribution in [0.4, 0.5) is 0 Å². The largest absolute Gasteiger partial charge is 0.455 e. The standard InChI is InChI=1S/C22H24O3/c1-3-5-7-15-9-17(13-23)21-19(11-15)20-12-16(8-6-4-2)10-18(14-24)22(20)25-21/h9-14H,3-8H2,1-2H3. The molecule has 3 aromatic rings. The van der Waals surface area contributed by atoms with Gasteiger partial charge < -0.3 is 4.42 Å². The van der Waals surface area contributed by atoms with E-state index in [-0.39, 0.29) is 0 Å². The number of rotatable bonds is 8. The van der Waals surface area contributed by atoms with Crippen LogP contribution in [-0.4, -0.2) is 12.6 Å². The summed E-state index contributed by atoms with van der Waals surface area (Å²) >= 11 is 0. The molecule has 0 atom stereocenters. The highest BCUT2D eigenvalue weighted by molar-refractivity contribution is 6.13. The molecule has 2 aromatic carbocycles. The maximum atomic E-state index is 11.6. The highest BCUT2D eigenvalue weighted by Gasteiger charge is 2.16. The van der Waals surface area contributed by atoms with Crippen molar-refractivity contribution in [1.82, 2.24) is 0 Å². The van der Waals surface area contributed by atoms with Crippen LogP contribution >= 0.6 is 0 Å². The van der Waals surface area contributed by atoms with E-state index in [0.29, 0.717) is 22.3 Å². The quantitative estimate of drug-likeness (QED) is 0.481. The summed E-state index contributed by atoms with van der Waals surface area (Å²) in [5, 5.41) is 1.87. The summed E-state index contributed by atoms with van der Waals surface area (Å²) in [7, 11) is 0.